The molecule has 3 heterocycles. The van der Waals surface area contributed by atoms with Crippen molar-refractivity contribution in [2.45, 2.75) is 32.7 Å². The molecular weight excluding hydrogens is 395 g/mol. The maximum atomic E-state index is 14.1. The minimum Gasteiger partial charge on any atom is -0.481 e. The lowest BCUT2D eigenvalue weighted by molar-refractivity contribution is -0.132. The number of fused-ring (bicyclic) bond motifs is 1. The van der Waals surface area contributed by atoms with Crippen molar-refractivity contribution in [3.05, 3.63) is 59.7 Å². The zero-order valence-electron chi connectivity index (χ0n) is 18.3. The van der Waals surface area contributed by atoms with Crippen molar-refractivity contribution in [3.8, 4) is 5.88 Å². The summed E-state index contributed by atoms with van der Waals surface area (Å²) in [7, 11) is 1.59. The Labute approximate surface area is 182 Å². The van der Waals surface area contributed by atoms with E-state index in [0.29, 0.717) is 24.8 Å². The molecule has 1 amide bonds. The Hall–Kier alpha value is -2.96. The molecule has 7 heteroatoms. The number of allylic oxidation sites excluding steroid dienone is 2. The van der Waals surface area contributed by atoms with Crippen LogP contribution in [0, 0.1) is 17.7 Å². The van der Waals surface area contributed by atoms with Gasteiger partial charge in [0.2, 0.25) is 11.8 Å². The number of benzene rings is 1. The molecule has 164 valence electrons. The summed E-state index contributed by atoms with van der Waals surface area (Å²) in [5.41, 5.74) is 2.08. The molecule has 2 aliphatic heterocycles. The van der Waals surface area contributed by atoms with E-state index in [-0.39, 0.29) is 23.7 Å². The predicted octanol–water partition coefficient (Wildman–Crippen LogP) is 4.01. The Morgan fingerprint density at radius 1 is 1.23 bits per heavy atom. The molecule has 2 saturated heterocycles. The number of aromatic nitrogens is 2. The van der Waals surface area contributed by atoms with Crippen LogP contribution in [-0.2, 0) is 4.79 Å². The van der Waals surface area contributed by atoms with Gasteiger partial charge in [0.05, 0.1) is 13.2 Å². The van der Waals surface area contributed by atoms with Crippen molar-refractivity contribution >= 4 is 11.7 Å². The summed E-state index contributed by atoms with van der Waals surface area (Å²) in [6, 6.07) is 8.38. The van der Waals surface area contributed by atoms with Crippen molar-refractivity contribution in [1.29, 1.82) is 0 Å². The third kappa shape index (κ3) is 4.55. The van der Waals surface area contributed by atoms with Gasteiger partial charge in [0.25, 0.3) is 0 Å². The molecule has 0 radical (unpaired) electrons. The highest BCUT2D eigenvalue weighted by Crippen LogP contribution is 2.46. The van der Waals surface area contributed by atoms with Gasteiger partial charge in [-0.1, -0.05) is 23.8 Å². The second-order valence-electron chi connectivity index (χ2n) is 8.61. The fraction of sp³-hybridized carbons (Fsp3) is 0.458. The fourth-order valence-corrected chi connectivity index (χ4v) is 4.85. The van der Waals surface area contributed by atoms with E-state index in [1.165, 1.54) is 18.0 Å². The van der Waals surface area contributed by atoms with Crippen LogP contribution in [0.25, 0.3) is 0 Å². The third-order valence-electron chi connectivity index (χ3n) is 6.25. The van der Waals surface area contributed by atoms with Crippen LogP contribution in [0.15, 0.2) is 48.3 Å². The van der Waals surface area contributed by atoms with E-state index in [1.807, 2.05) is 30.9 Å². The number of halogens is 1. The maximum absolute atomic E-state index is 14.1. The molecule has 4 rings (SSSR count). The van der Waals surface area contributed by atoms with E-state index in [0.717, 1.165) is 30.9 Å². The second kappa shape index (κ2) is 9.04. The molecule has 0 unspecified atom stereocenters. The third-order valence-corrected chi connectivity index (χ3v) is 6.25. The van der Waals surface area contributed by atoms with E-state index >= 15 is 0 Å². The Bertz CT molecular complexity index is 976. The summed E-state index contributed by atoms with van der Waals surface area (Å²) in [4.78, 5) is 25.8. The van der Waals surface area contributed by atoms with Crippen molar-refractivity contribution in [1.82, 2.24) is 14.9 Å². The first kappa shape index (κ1) is 21.3. The zero-order chi connectivity index (χ0) is 22.0. The Balaban J connectivity index is 1.58. The number of hydrogen-bond donors (Lipinski definition) is 0. The van der Waals surface area contributed by atoms with Gasteiger partial charge in [-0.3, -0.25) is 4.79 Å². The van der Waals surface area contributed by atoms with Gasteiger partial charge in [0.15, 0.2) is 0 Å². The molecule has 0 saturated carbocycles. The minimum absolute atomic E-state index is 0.131. The van der Waals surface area contributed by atoms with Crippen LogP contribution < -0.4 is 9.64 Å². The van der Waals surface area contributed by atoms with Gasteiger partial charge in [-0.15, -0.1) is 0 Å². The summed E-state index contributed by atoms with van der Waals surface area (Å²) in [5.74, 6) is 1.74. The molecule has 0 aliphatic carbocycles. The first-order valence-corrected chi connectivity index (χ1v) is 10.8. The molecule has 1 aromatic carbocycles. The summed E-state index contributed by atoms with van der Waals surface area (Å²) >= 11 is 0. The molecule has 2 aromatic rings. The van der Waals surface area contributed by atoms with E-state index in [9.17, 15) is 9.18 Å². The van der Waals surface area contributed by atoms with Crippen LogP contribution in [0.2, 0.25) is 0 Å². The number of rotatable bonds is 6. The normalized spacial score (nSPS) is 22.4. The Morgan fingerprint density at radius 3 is 2.81 bits per heavy atom. The number of amides is 1. The van der Waals surface area contributed by atoms with E-state index in [1.54, 1.807) is 19.2 Å². The predicted molar refractivity (Wildman–Crippen MR) is 117 cm³/mol. The van der Waals surface area contributed by atoms with Gasteiger partial charge in [0, 0.05) is 44.0 Å². The van der Waals surface area contributed by atoms with Crippen LogP contribution in [0.3, 0.4) is 0 Å². The summed E-state index contributed by atoms with van der Waals surface area (Å²) in [6.07, 6.45) is 4.81. The molecule has 2 aliphatic rings. The average molecular weight is 425 g/mol. The molecular formula is C24H29FN4O2. The van der Waals surface area contributed by atoms with Gasteiger partial charge >= 0.3 is 0 Å². The summed E-state index contributed by atoms with van der Waals surface area (Å²) in [6.45, 7) is 6.31. The van der Waals surface area contributed by atoms with Gasteiger partial charge in [0.1, 0.15) is 18.0 Å². The topological polar surface area (TPSA) is 58.6 Å². The van der Waals surface area contributed by atoms with E-state index in [4.69, 9.17) is 4.74 Å². The number of methoxy groups -OCH3 is 1. The van der Waals surface area contributed by atoms with Crippen molar-refractivity contribution < 1.29 is 13.9 Å². The molecule has 1 aromatic heterocycles. The van der Waals surface area contributed by atoms with Crippen LogP contribution in [0.5, 0.6) is 5.88 Å². The lowest BCUT2D eigenvalue weighted by Crippen LogP contribution is -2.35. The van der Waals surface area contributed by atoms with Crippen LogP contribution in [0.4, 0.5) is 10.2 Å². The van der Waals surface area contributed by atoms with Gasteiger partial charge < -0.3 is 14.5 Å². The van der Waals surface area contributed by atoms with Gasteiger partial charge in [-0.25, -0.2) is 14.4 Å². The molecule has 0 spiro atoms. The van der Waals surface area contributed by atoms with Crippen molar-refractivity contribution in [2.24, 2.45) is 11.8 Å². The molecule has 2 fully saturated rings. The minimum atomic E-state index is -0.270. The van der Waals surface area contributed by atoms with Crippen LogP contribution in [0.1, 0.15) is 38.3 Å². The summed E-state index contributed by atoms with van der Waals surface area (Å²) < 4.78 is 19.3. The highest BCUT2D eigenvalue weighted by Gasteiger charge is 2.49. The quantitative estimate of drug-likeness (QED) is 0.656. The van der Waals surface area contributed by atoms with E-state index in [2.05, 4.69) is 20.9 Å². The largest absolute Gasteiger partial charge is 0.481 e. The SMILES string of the molecule is COc1cc(N2C[C@H]3CN(C(=O)CCC=C(C)C)[C@H](c4cccc(F)c4)[C@H]3C2)ncn1. The first-order chi connectivity index (χ1) is 15.0. The van der Waals surface area contributed by atoms with Crippen molar-refractivity contribution in [2.75, 3.05) is 31.6 Å². The fourth-order valence-electron chi connectivity index (χ4n) is 4.85. The lowest BCUT2D eigenvalue weighted by atomic mass is 9.89. The smallest absolute Gasteiger partial charge is 0.223 e. The molecule has 31 heavy (non-hydrogen) atoms. The number of carbonyl (C=O) groups is 1. The number of ether oxygens (including phenoxy) is 1. The number of hydrogen-bond acceptors (Lipinski definition) is 5. The number of nitrogens with zero attached hydrogens (tertiary/aromatic N) is 4. The maximum Gasteiger partial charge on any atom is 0.223 e. The average Bonchev–Trinajstić information content (AvgIpc) is 3.31. The standard InChI is InChI=1S/C24H29FN4O2/c1-16(2)6-4-9-23(30)29-13-18-12-28(21-11-22(31-3)27-15-26-21)14-20(18)24(29)17-7-5-8-19(25)10-17/h5-8,10-11,15,18,20,24H,4,9,12-14H2,1-3H3/t18-,20-,24+/m0/s1. The monoisotopic (exact) mass is 424 g/mol. The second-order valence-corrected chi connectivity index (χ2v) is 8.61. The Kier molecular flexibility index (Phi) is 6.20. The van der Waals surface area contributed by atoms with Crippen molar-refractivity contribution in [3.63, 3.8) is 0 Å². The first-order valence-electron chi connectivity index (χ1n) is 10.8. The van der Waals surface area contributed by atoms with Crippen LogP contribution >= 0.6 is 0 Å². The number of likely N-dealkylation sites (tertiary alicyclic amines) is 1. The number of carbonyl (C=O) groups excluding carboxylic acids is 1. The Morgan fingerprint density at radius 2 is 2.06 bits per heavy atom. The molecule has 0 N–H and O–H groups in total. The highest BCUT2D eigenvalue weighted by molar-refractivity contribution is 5.77. The van der Waals surface area contributed by atoms with Crippen LogP contribution in [-0.4, -0.2) is 47.5 Å². The number of anilines is 1. The molecule has 3 atom stereocenters. The zero-order valence-corrected chi connectivity index (χ0v) is 18.3. The summed E-state index contributed by atoms with van der Waals surface area (Å²) in [5, 5.41) is 0. The molecule has 0 bridgehead atoms. The van der Waals surface area contributed by atoms with Gasteiger partial charge in [-0.2, -0.15) is 0 Å². The highest BCUT2D eigenvalue weighted by atomic mass is 19.1. The molecule has 6 nitrogen and oxygen atoms in total. The van der Waals surface area contributed by atoms with Gasteiger partial charge in [-0.05, 0) is 38.0 Å². The van der Waals surface area contributed by atoms with E-state index < -0.39 is 0 Å². The lowest BCUT2D eigenvalue weighted by Gasteiger charge is -2.30.